The fraction of sp³-hybridized carbons (Fsp3) is 1.00. The van der Waals surface area contributed by atoms with Gasteiger partial charge in [0.2, 0.25) is 0 Å². The Kier molecular flexibility index (Phi) is 1.04. The van der Waals surface area contributed by atoms with E-state index < -0.39 is 0 Å². The van der Waals surface area contributed by atoms with Crippen LogP contribution in [-0.2, 0) is 4.74 Å². The van der Waals surface area contributed by atoms with Gasteiger partial charge < -0.3 is 10.5 Å². The molecule has 3 aliphatic rings. The highest BCUT2D eigenvalue weighted by molar-refractivity contribution is 5.14. The van der Waals surface area contributed by atoms with E-state index in [1.807, 2.05) is 0 Å². The first-order valence-corrected chi connectivity index (χ1v) is 4.40. The van der Waals surface area contributed by atoms with Crippen LogP contribution >= 0.6 is 0 Å². The lowest BCUT2D eigenvalue weighted by Gasteiger charge is -2.36. The van der Waals surface area contributed by atoms with E-state index in [1.165, 1.54) is 0 Å². The summed E-state index contributed by atoms with van der Waals surface area (Å²) in [6, 6.07) is 1.69. The Morgan fingerprint density at radius 2 is 1.82 bits per heavy atom. The summed E-state index contributed by atoms with van der Waals surface area (Å²) in [4.78, 5) is 2.46. The number of nitrogens with zero attached hydrogens (tertiary/aromatic N) is 1. The second-order valence-electron chi connectivity index (χ2n) is 4.10. The van der Waals surface area contributed by atoms with Crippen molar-refractivity contribution in [2.75, 3.05) is 7.05 Å². The molecule has 0 aliphatic carbocycles. The fourth-order valence-corrected chi connectivity index (χ4v) is 2.78. The molecule has 0 aromatic heterocycles. The highest BCUT2D eigenvalue weighted by Gasteiger charge is 2.61. The van der Waals surface area contributed by atoms with Crippen LogP contribution in [0.25, 0.3) is 0 Å². The highest BCUT2D eigenvalue weighted by Crippen LogP contribution is 2.46. The first-order chi connectivity index (χ1) is 5.27. The summed E-state index contributed by atoms with van der Waals surface area (Å²) in [5.74, 6) is 0. The van der Waals surface area contributed by atoms with Crippen LogP contribution in [0, 0.1) is 0 Å². The average molecular weight is 154 g/mol. The van der Waals surface area contributed by atoms with Gasteiger partial charge in [0.25, 0.3) is 0 Å². The predicted molar refractivity (Wildman–Crippen MR) is 41.2 cm³/mol. The van der Waals surface area contributed by atoms with Crippen molar-refractivity contribution < 1.29 is 4.74 Å². The standard InChI is InChI=1S/C8H14N2O/c1-10-5-2-4(9)3-6(10)8-7(5)11-8/h4-8H,2-3,9H2,1H3/t4?,5-,6-,7?,8?/m0/s1. The lowest BCUT2D eigenvalue weighted by molar-refractivity contribution is 0.0663. The molecule has 0 spiro atoms. The number of rotatable bonds is 0. The van der Waals surface area contributed by atoms with Crippen molar-refractivity contribution >= 4 is 0 Å². The van der Waals surface area contributed by atoms with E-state index in [4.69, 9.17) is 10.5 Å². The van der Waals surface area contributed by atoms with E-state index in [2.05, 4.69) is 11.9 Å². The summed E-state index contributed by atoms with van der Waals surface area (Å²) in [6.45, 7) is 0. The number of piperidine rings is 1. The maximum atomic E-state index is 5.92. The van der Waals surface area contributed by atoms with Gasteiger partial charge >= 0.3 is 0 Å². The molecule has 0 amide bonds. The van der Waals surface area contributed by atoms with Gasteiger partial charge in [0, 0.05) is 18.1 Å². The largest absolute Gasteiger partial charge is 0.366 e. The molecule has 0 radical (unpaired) electrons. The zero-order valence-corrected chi connectivity index (χ0v) is 6.73. The zero-order valence-electron chi connectivity index (χ0n) is 6.73. The number of likely N-dealkylation sites (N-methyl/N-ethyl adjacent to an activating group) is 1. The smallest absolute Gasteiger partial charge is 0.101 e. The van der Waals surface area contributed by atoms with E-state index in [0.717, 1.165) is 12.8 Å². The predicted octanol–water partition coefficient (Wildman–Crippen LogP) is -0.442. The number of morpholine rings is 1. The molecule has 11 heavy (non-hydrogen) atoms. The Labute approximate surface area is 66.5 Å². The first kappa shape index (κ1) is 6.40. The molecule has 0 saturated carbocycles. The van der Waals surface area contributed by atoms with Crippen molar-refractivity contribution in [3.8, 4) is 0 Å². The van der Waals surface area contributed by atoms with Crippen LogP contribution in [0.1, 0.15) is 12.8 Å². The van der Waals surface area contributed by atoms with Crippen LogP contribution < -0.4 is 5.73 Å². The Hall–Kier alpha value is -0.120. The van der Waals surface area contributed by atoms with Gasteiger partial charge in [0.05, 0.1) is 0 Å². The second kappa shape index (κ2) is 1.79. The number of hydrogen-bond donors (Lipinski definition) is 1. The molecule has 4 atom stereocenters. The van der Waals surface area contributed by atoms with E-state index in [1.54, 1.807) is 0 Å². The molecular weight excluding hydrogens is 140 g/mol. The normalized spacial score (nSPS) is 61.1. The van der Waals surface area contributed by atoms with Gasteiger partial charge in [-0.25, -0.2) is 0 Å². The summed E-state index contributed by atoms with van der Waals surface area (Å²) in [6.07, 6.45) is 3.35. The molecule has 3 heterocycles. The Balaban J connectivity index is 1.90. The van der Waals surface area contributed by atoms with Crippen molar-refractivity contribution in [2.24, 2.45) is 5.73 Å². The van der Waals surface area contributed by atoms with Gasteiger partial charge in [-0.1, -0.05) is 0 Å². The summed E-state index contributed by atoms with van der Waals surface area (Å²) in [7, 11) is 2.21. The minimum Gasteiger partial charge on any atom is -0.366 e. The number of hydrogen-bond acceptors (Lipinski definition) is 3. The molecule has 3 saturated heterocycles. The fourth-order valence-electron chi connectivity index (χ4n) is 2.78. The number of fused-ring (bicyclic) bond motifs is 5. The Bertz CT molecular complexity index is 179. The topological polar surface area (TPSA) is 41.8 Å². The van der Waals surface area contributed by atoms with Crippen molar-refractivity contribution in [3.05, 3.63) is 0 Å². The molecule has 3 rings (SSSR count). The van der Waals surface area contributed by atoms with E-state index >= 15 is 0 Å². The van der Waals surface area contributed by atoms with Crippen LogP contribution in [0.15, 0.2) is 0 Å². The third-order valence-corrected chi connectivity index (χ3v) is 3.45. The molecule has 3 aliphatic heterocycles. The number of nitrogens with two attached hydrogens (primary N) is 1. The van der Waals surface area contributed by atoms with Crippen molar-refractivity contribution in [2.45, 2.75) is 43.2 Å². The summed E-state index contributed by atoms with van der Waals surface area (Å²) >= 11 is 0. The summed E-state index contributed by atoms with van der Waals surface area (Å²) < 4.78 is 5.54. The SMILES string of the molecule is CN1[C@H]2CC(N)C[C@H]1C1OC12. The second-order valence-corrected chi connectivity index (χ2v) is 4.10. The maximum absolute atomic E-state index is 5.92. The van der Waals surface area contributed by atoms with Crippen LogP contribution in [0.5, 0.6) is 0 Å². The van der Waals surface area contributed by atoms with Crippen LogP contribution in [0.2, 0.25) is 0 Å². The average Bonchev–Trinajstić information content (AvgIpc) is 2.66. The van der Waals surface area contributed by atoms with Gasteiger partial charge in [0.1, 0.15) is 12.2 Å². The number of epoxide rings is 1. The monoisotopic (exact) mass is 154 g/mol. The van der Waals surface area contributed by atoms with Gasteiger partial charge in [-0.2, -0.15) is 0 Å². The first-order valence-electron chi connectivity index (χ1n) is 4.40. The van der Waals surface area contributed by atoms with E-state index in [0.29, 0.717) is 30.3 Å². The summed E-state index contributed by atoms with van der Waals surface area (Å²) in [5.41, 5.74) is 5.92. The minimum absolute atomic E-state index is 0.428. The quantitative estimate of drug-likeness (QED) is 0.481. The third kappa shape index (κ3) is 0.687. The maximum Gasteiger partial charge on any atom is 0.101 e. The van der Waals surface area contributed by atoms with Gasteiger partial charge in [-0.05, 0) is 19.9 Å². The van der Waals surface area contributed by atoms with Gasteiger partial charge in [0.15, 0.2) is 0 Å². The molecular formula is C8H14N2O. The lowest BCUT2D eigenvalue weighted by Crippen LogP contribution is -2.49. The summed E-state index contributed by atoms with van der Waals surface area (Å²) in [5, 5.41) is 0. The molecule has 2 unspecified atom stereocenters. The third-order valence-electron chi connectivity index (χ3n) is 3.45. The van der Waals surface area contributed by atoms with E-state index in [9.17, 15) is 0 Å². The molecule has 3 heteroatoms. The van der Waals surface area contributed by atoms with Gasteiger partial charge in [-0.3, -0.25) is 4.90 Å². The molecule has 0 aromatic carbocycles. The minimum atomic E-state index is 0.428. The molecule has 2 N–H and O–H groups in total. The molecule has 3 fully saturated rings. The van der Waals surface area contributed by atoms with Crippen LogP contribution in [-0.4, -0.2) is 42.3 Å². The number of ether oxygens (including phenoxy) is 1. The van der Waals surface area contributed by atoms with Gasteiger partial charge in [-0.15, -0.1) is 0 Å². The van der Waals surface area contributed by atoms with Crippen molar-refractivity contribution in [3.63, 3.8) is 0 Å². The van der Waals surface area contributed by atoms with Crippen LogP contribution in [0.3, 0.4) is 0 Å². The van der Waals surface area contributed by atoms with Crippen molar-refractivity contribution in [1.29, 1.82) is 0 Å². The van der Waals surface area contributed by atoms with Crippen molar-refractivity contribution in [1.82, 2.24) is 4.90 Å². The molecule has 3 nitrogen and oxygen atoms in total. The van der Waals surface area contributed by atoms with E-state index in [-0.39, 0.29) is 0 Å². The Morgan fingerprint density at radius 1 is 1.27 bits per heavy atom. The molecule has 62 valence electrons. The van der Waals surface area contributed by atoms with Crippen LogP contribution in [0.4, 0.5) is 0 Å². The molecule has 2 bridgehead atoms. The Morgan fingerprint density at radius 3 is 2.36 bits per heavy atom. The zero-order chi connectivity index (χ0) is 7.59. The molecule has 0 aromatic rings. The lowest BCUT2D eigenvalue weighted by atomic mass is 9.98. The highest BCUT2D eigenvalue weighted by atomic mass is 16.6.